The van der Waals surface area contributed by atoms with Crippen molar-refractivity contribution in [3.05, 3.63) is 12.1 Å². The third-order valence-corrected chi connectivity index (χ3v) is 1.87. The van der Waals surface area contributed by atoms with Gasteiger partial charge in [0.05, 0.1) is 7.11 Å². The summed E-state index contributed by atoms with van der Waals surface area (Å²) in [5.74, 6) is -2.50. The average Bonchev–Trinajstić information content (AvgIpc) is 2.21. The lowest BCUT2D eigenvalue weighted by atomic mass is 10.2. The minimum absolute atomic E-state index is 0.00281. The topological polar surface area (TPSA) is 192 Å². The molecular formula is C9H16N4O6. The van der Waals surface area contributed by atoms with Gasteiger partial charge in [0.2, 0.25) is 0 Å². The molecule has 0 atom stereocenters. The molecule has 0 aliphatic heterocycles. The number of benzene rings is 1. The van der Waals surface area contributed by atoms with Gasteiger partial charge in [0, 0.05) is 0 Å². The molecule has 0 saturated carbocycles. The number of hydrogen-bond donors (Lipinski definition) is 7. The van der Waals surface area contributed by atoms with Gasteiger partial charge >= 0.3 is 6.16 Å². The van der Waals surface area contributed by atoms with Crippen LogP contribution >= 0.6 is 0 Å². The summed E-state index contributed by atoms with van der Waals surface area (Å²) in [7, 11) is 1.27. The Labute approximate surface area is 108 Å². The highest BCUT2D eigenvalue weighted by Crippen LogP contribution is 2.41. The van der Waals surface area contributed by atoms with Crippen molar-refractivity contribution in [2.45, 2.75) is 12.1 Å². The lowest BCUT2D eigenvalue weighted by molar-refractivity contribution is -0.419. The fourth-order valence-corrected chi connectivity index (χ4v) is 1.24. The van der Waals surface area contributed by atoms with E-state index in [1.807, 2.05) is 0 Å². The van der Waals surface area contributed by atoms with Crippen molar-refractivity contribution in [1.29, 1.82) is 0 Å². The molecule has 0 bridgehead atoms. The summed E-state index contributed by atoms with van der Waals surface area (Å²) in [4.78, 5) is 0. The van der Waals surface area contributed by atoms with Crippen molar-refractivity contribution in [3.63, 3.8) is 0 Å². The van der Waals surface area contributed by atoms with Gasteiger partial charge in [-0.1, -0.05) is 0 Å². The first kappa shape index (κ1) is 15.2. The lowest BCUT2D eigenvalue weighted by Gasteiger charge is -2.24. The second-order valence-electron chi connectivity index (χ2n) is 3.64. The smallest absolute Gasteiger partial charge is 0.453 e. The summed E-state index contributed by atoms with van der Waals surface area (Å²) in [5.41, 5.74) is 21.1. The van der Waals surface area contributed by atoms with Gasteiger partial charge in [-0.15, -0.1) is 0 Å². The van der Waals surface area contributed by atoms with Crippen LogP contribution in [0.15, 0.2) is 12.1 Å². The molecule has 1 aromatic carbocycles. The van der Waals surface area contributed by atoms with Crippen LogP contribution in [0.2, 0.25) is 0 Å². The average molecular weight is 276 g/mol. The lowest BCUT2D eigenvalue weighted by Crippen LogP contribution is -2.62. The van der Waals surface area contributed by atoms with Crippen LogP contribution in [0.25, 0.3) is 0 Å². The molecule has 10 heteroatoms. The highest BCUT2D eigenvalue weighted by Gasteiger charge is 2.27. The van der Waals surface area contributed by atoms with Gasteiger partial charge < -0.3 is 35.3 Å². The number of aliphatic hydroxyl groups is 3. The zero-order valence-corrected chi connectivity index (χ0v) is 10.0. The van der Waals surface area contributed by atoms with Gasteiger partial charge in [-0.3, -0.25) is 17.2 Å². The highest BCUT2D eigenvalue weighted by molar-refractivity contribution is 5.68. The Hall–Kier alpha value is -1.82. The molecule has 1 aromatic rings. The molecule has 0 amide bonds. The fraction of sp³-hybridized carbons (Fsp3) is 0.333. The quantitative estimate of drug-likeness (QED) is 0.217. The van der Waals surface area contributed by atoms with Crippen LogP contribution < -0.4 is 37.1 Å². The molecule has 1 rings (SSSR count). The second kappa shape index (κ2) is 5.05. The number of nitrogen functional groups attached to an aromatic ring is 1. The molecule has 0 aromatic heterocycles. The molecule has 0 aliphatic carbocycles. The van der Waals surface area contributed by atoms with Crippen molar-refractivity contribution >= 4 is 5.69 Å². The predicted molar refractivity (Wildman–Crippen MR) is 63.3 cm³/mol. The van der Waals surface area contributed by atoms with Crippen molar-refractivity contribution in [1.82, 2.24) is 0 Å². The predicted octanol–water partition coefficient (Wildman–Crippen LogP) is -2.89. The van der Waals surface area contributed by atoms with E-state index in [0.29, 0.717) is 0 Å². The summed E-state index contributed by atoms with van der Waals surface area (Å²) >= 11 is 0. The van der Waals surface area contributed by atoms with Crippen LogP contribution in [0.3, 0.4) is 0 Å². The van der Waals surface area contributed by atoms with Gasteiger partial charge in [-0.05, 0) is 12.1 Å². The van der Waals surface area contributed by atoms with Crippen molar-refractivity contribution in [3.8, 4) is 17.2 Å². The third-order valence-electron chi connectivity index (χ3n) is 1.87. The molecule has 0 spiro atoms. The zero-order chi connectivity index (χ0) is 14.8. The van der Waals surface area contributed by atoms with Crippen LogP contribution in [0.4, 0.5) is 5.69 Å². The number of methoxy groups -OCH3 is 1. The molecule has 19 heavy (non-hydrogen) atoms. The van der Waals surface area contributed by atoms with E-state index >= 15 is 0 Å². The molecule has 0 radical (unpaired) electrons. The van der Waals surface area contributed by atoms with Gasteiger partial charge in [-0.2, -0.15) is 0 Å². The molecule has 108 valence electrons. The molecule has 10 nitrogen and oxygen atoms in total. The SMILES string of the molecule is COc1ccc(OC(N)(N)N)c(N)c1OC(O)(O)O. The first-order valence-electron chi connectivity index (χ1n) is 4.92. The van der Waals surface area contributed by atoms with Gasteiger partial charge in [0.15, 0.2) is 17.2 Å². The summed E-state index contributed by atoms with van der Waals surface area (Å²) in [6, 6.07) is 2.62. The number of nitrogens with two attached hydrogens (primary N) is 4. The molecule has 0 unspecified atom stereocenters. The number of rotatable bonds is 5. The first-order chi connectivity index (χ1) is 8.53. The van der Waals surface area contributed by atoms with E-state index in [1.54, 1.807) is 0 Å². The van der Waals surface area contributed by atoms with E-state index in [-0.39, 0.29) is 17.2 Å². The van der Waals surface area contributed by atoms with Crippen LogP contribution in [0.1, 0.15) is 0 Å². The molecular weight excluding hydrogens is 260 g/mol. The highest BCUT2D eigenvalue weighted by atomic mass is 16.9. The third kappa shape index (κ3) is 4.40. The Morgan fingerprint density at radius 1 is 1.00 bits per heavy atom. The zero-order valence-electron chi connectivity index (χ0n) is 10.0. The van der Waals surface area contributed by atoms with Crippen LogP contribution in [-0.2, 0) is 0 Å². The Balaban J connectivity index is 3.22. The van der Waals surface area contributed by atoms with E-state index in [9.17, 15) is 0 Å². The van der Waals surface area contributed by atoms with Crippen LogP contribution in [0, 0.1) is 0 Å². The summed E-state index contributed by atoms with van der Waals surface area (Å²) < 4.78 is 14.2. The van der Waals surface area contributed by atoms with Crippen LogP contribution in [-0.4, -0.2) is 34.6 Å². The van der Waals surface area contributed by atoms with E-state index in [0.717, 1.165) is 0 Å². The minimum atomic E-state index is -3.45. The van der Waals surface area contributed by atoms with E-state index in [2.05, 4.69) is 4.74 Å². The fourth-order valence-electron chi connectivity index (χ4n) is 1.24. The summed E-state index contributed by atoms with van der Waals surface area (Å²) in [6.45, 7) is 0. The molecule has 0 saturated heterocycles. The monoisotopic (exact) mass is 276 g/mol. The number of ether oxygens (including phenoxy) is 3. The number of hydrogen-bond acceptors (Lipinski definition) is 10. The Morgan fingerprint density at radius 3 is 1.95 bits per heavy atom. The van der Waals surface area contributed by atoms with Gasteiger partial charge in [0.25, 0.3) is 5.97 Å². The maximum atomic E-state index is 8.80. The van der Waals surface area contributed by atoms with E-state index < -0.39 is 17.9 Å². The Morgan fingerprint density at radius 2 is 1.53 bits per heavy atom. The maximum Gasteiger partial charge on any atom is 0.453 e. The number of anilines is 1. The van der Waals surface area contributed by atoms with Crippen molar-refractivity contribution < 1.29 is 29.5 Å². The normalized spacial score (nSPS) is 12.2. The largest absolute Gasteiger partial charge is 0.493 e. The summed E-state index contributed by atoms with van der Waals surface area (Å²) in [6.07, 6.45) is -3.45. The molecule has 0 heterocycles. The summed E-state index contributed by atoms with van der Waals surface area (Å²) in [5, 5.41) is 26.4. The maximum absolute atomic E-state index is 8.80. The Kier molecular flexibility index (Phi) is 4.05. The second-order valence-corrected chi connectivity index (χ2v) is 3.64. The van der Waals surface area contributed by atoms with Crippen LogP contribution in [0.5, 0.6) is 17.2 Å². The molecule has 0 fully saturated rings. The standard InChI is InChI=1S/C9H16N4O6/c1-17-5-3-2-4(18-8(11,12)13)6(10)7(5)19-9(14,15)16/h2-3,14-16H,10-13H2,1H3. The molecule has 11 N–H and O–H groups in total. The van der Waals surface area contributed by atoms with Gasteiger partial charge in [-0.25, -0.2) is 0 Å². The Bertz CT molecular complexity index is 453. The van der Waals surface area contributed by atoms with E-state index in [4.69, 9.17) is 47.7 Å². The first-order valence-corrected chi connectivity index (χ1v) is 4.92. The van der Waals surface area contributed by atoms with E-state index in [1.165, 1.54) is 19.2 Å². The minimum Gasteiger partial charge on any atom is -0.493 e. The van der Waals surface area contributed by atoms with Crippen molar-refractivity contribution in [2.24, 2.45) is 17.2 Å². The van der Waals surface area contributed by atoms with Crippen molar-refractivity contribution in [2.75, 3.05) is 12.8 Å². The van der Waals surface area contributed by atoms with Gasteiger partial charge in [0.1, 0.15) is 5.69 Å². The molecule has 0 aliphatic rings.